The average Bonchev–Trinajstić information content (AvgIpc) is 2.69. The molecule has 7 heteroatoms. The van der Waals surface area contributed by atoms with Gasteiger partial charge >= 0.3 is 0 Å². The van der Waals surface area contributed by atoms with E-state index in [1.165, 1.54) is 17.8 Å². The van der Waals surface area contributed by atoms with Crippen LogP contribution in [0.15, 0.2) is 48.5 Å². The van der Waals surface area contributed by atoms with E-state index in [-0.39, 0.29) is 23.4 Å². The molecule has 2 amide bonds. The number of nitrogens with zero attached hydrogens (tertiary/aromatic N) is 1. The Morgan fingerprint density at radius 3 is 2.35 bits per heavy atom. The van der Waals surface area contributed by atoms with Crippen LogP contribution >= 0.6 is 23.4 Å². The van der Waals surface area contributed by atoms with Crippen LogP contribution < -0.4 is 5.32 Å². The third kappa shape index (κ3) is 8.19. The van der Waals surface area contributed by atoms with Crippen molar-refractivity contribution >= 4 is 35.2 Å². The van der Waals surface area contributed by atoms with E-state index in [4.69, 9.17) is 11.6 Å². The molecule has 2 aromatic carbocycles. The summed E-state index contributed by atoms with van der Waals surface area (Å²) in [5.41, 5.74) is 1.04. The molecule has 0 saturated carbocycles. The van der Waals surface area contributed by atoms with Gasteiger partial charge in [-0.05, 0) is 56.5 Å². The Kier molecular flexibility index (Phi) is 9.38. The van der Waals surface area contributed by atoms with Crippen LogP contribution in [0.2, 0.25) is 5.02 Å². The van der Waals surface area contributed by atoms with Gasteiger partial charge in [0.25, 0.3) is 0 Å². The summed E-state index contributed by atoms with van der Waals surface area (Å²) >= 11 is 7.32. The summed E-state index contributed by atoms with van der Waals surface area (Å²) < 4.78 is 13.9. The molecule has 0 aliphatic heterocycles. The molecule has 0 radical (unpaired) electrons. The van der Waals surface area contributed by atoms with Crippen LogP contribution in [-0.2, 0) is 21.9 Å². The Balaban J connectivity index is 2.16. The lowest BCUT2D eigenvalue weighted by Crippen LogP contribution is -2.53. The van der Waals surface area contributed by atoms with Crippen molar-refractivity contribution in [3.05, 3.63) is 70.5 Å². The normalized spacial score (nSPS) is 12.3. The Bertz CT molecular complexity index is 884. The molecule has 0 heterocycles. The minimum Gasteiger partial charge on any atom is -0.350 e. The van der Waals surface area contributed by atoms with Gasteiger partial charge in [0.2, 0.25) is 11.8 Å². The van der Waals surface area contributed by atoms with Crippen LogP contribution in [0, 0.1) is 5.82 Å². The third-order valence-corrected chi connectivity index (χ3v) is 5.81. The summed E-state index contributed by atoms with van der Waals surface area (Å²) in [5, 5.41) is 3.59. The monoisotopic (exact) mass is 464 g/mol. The van der Waals surface area contributed by atoms with Crippen LogP contribution in [0.25, 0.3) is 0 Å². The number of thioether (sulfide) groups is 1. The Hall–Kier alpha value is -2.05. The van der Waals surface area contributed by atoms with Gasteiger partial charge in [0.1, 0.15) is 11.9 Å². The molecule has 0 spiro atoms. The molecule has 2 rings (SSSR count). The van der Waals surface area contributed by atoms with Crippen molar-refractivity contribution in [3.63, 3.8) is 0 Å². The van der Waals surface area contributed by atoms with E-state index >= 15 is 0 Å². The van der Waals surface area contributed by atoms with Gasteiger partial charge < -0.3 is 10.2 Å². The van der Waals surface area contributed by atoms with E-state index in [2.05, 4.69) is 5.32 Å². The summed E-state index contributed by atoms with van der Waals surface area (Å²) in [6.45, 7) is 7.92. The van der Waals surface area contributed by atoms with E-state index < -0.39 is 11.6 Å². The Morgan fingerprint density at radius 1 is 1.13 bits per heavy atom. The van der Waals surface area contributed by atoms with Crippen molar-refractivity contribution in [3.8, 4) is 0 Å². The molecular weight excluding hydrogens is 435 g/mol. The molecule has 1 atom stereocenters. The van der Waals surface area contributed by atoms with E-state index in [1.807, 2.05) is 39.8 Å². The number of hydrogen-bond acceptors (Lipinski definition) is 3. The van der Waals surface area contributed by atoms with E-state index in [0.29, 0.717) is 29.3 Å². The summed E-state index contributed by atoms with van der Waals surface area (Å²) in [7, 11) is 0. The van der Waals surface area contributed by atoms with Gasteiger partial charge in [0.05, 0.1) is 5.75 Å². The van der Waals surface area contributed by atoms with Crippen molar-refractivity contribution in [2.75, 3.05) is 5.75 Å². The van der Waals surface area contributed by atoms with Gasteiger partial charge in [-0.2, -0.15) is 0 Å². The molecule has 0 aromatic heterocycles. The number of rotatable bonds is 9. The number of nitrogens with one attached hydrogen (secondary N) is 1. The molecule has 168 valence electrons. The fourth-order valence-electron chi connectivity index (χ4n) is 3.11. The number of halogens is 2. The van der Waals surface area contributed by atoms with Crippen molar-refractivity contribution in [2.24, 2.45) is 0 Å². The zero-order valence-electron chi connectivity index (χ0n) is 18.5. The van der Waals surface area contributed by atoms with Crippen LogP contribution in [0.3, 0.4) is 0 Å². The first-order chi connectivity index (χ1) is 14.6. The maximum absolute atomic E-state index is 13.9. The van der Waals surface area contributed by atoms with E-state index in [1.54, 1.807) is 35.2 Å². The maximum Gasteiger partial charge on any atom is 0.243 e. The van der Waals surface area contributed by atoms with Gasteiger partial charge in [0, 0.05) is 22.9 Å². The Labute approximate surface area is 193 Å². The highest BCUT2D eigenvalue weighted by Gasteiger charge is 2.30. The first kappa shape index (κ1) is 25.2. The van der Waals surface area contributed by atoms with Crippen molar-refractivity contribution in [1.29, 1.82) is 0 Å². The Morgan fingerprint density at radius 2 is 1.77 bits per heavy atom. The van der Waals surface area contributed by atoms with Gasteiger partial charge in [-0.1, -0.05) is 48.9 Å². The second-order valence-corrected chi connectivity index (χ2v) is 9.82. The largest absolute Gasteiger partial charge is 0.350 e. The fourth-order valence-corrected chi connectivity index (χ4v) is 4.13. The molecule has 31 heavy (non-hydrogen) atoms. The van der Waals surface area contributed by atoms with Crippen LogP contribution in [0.1, 0.15) is 45.2 Å². The predicted molar refractivity (Wildman–Crippen MR) is 127 cm³/mol. The lowest BCUT2D eigenvalue weighted by molar-refractivity contribution is -0.140. The third-order valence-electron chi connectivity index (χ3n) is 4.59. The summed E-state index contributed by atoms with van der Waals surface area (Å²) in [6, 6.07) is 13.2. The lowest BCUT2D eigenvalue weighted by Gasteiger charge is -2.33. The number of hydrogen-bond donors (Lipinski definition) is 1. The fraction of sp³-hybridized carbons (Fsp3) is 0.417. The standard InChI is InChI=1S/C24H30ClFN2O2S/c1-5-21(23(30)27-24(2,3)4)28(14-17-10-12-19(25)13-11-17)22(29)16-31-15-18-8-6-7-9-20(18)26/h6-13,21H,5,14-16H2,1-4H3,(H,27,30). The first-order valence-electron chi connectivity index (χ1n) is 10.3. The molecule has 2 aromatic rings. The quantitative estimate of drug-likeness (QED) is 0.538. The smallest absolute Gasteiger partial charge is 0.243 e. The summed E-state index contributed by atoms with van der Waals surface area (Å²) in [4.78, 5) is 27.7. The van der Waals surface area contributed by atoms with Gasteiger partial charge in [-0.3, -0.25) is 9.59 Å². The molecule has 0 aliphatic carbocycles. The zero-order chi connectivity index (χ0) is 23.0. The minimum absolute atomic E-state index is 0.154. The minimum atomic E-state index is -0.600. The number of benzene rings is 2. The van der Waals surface area contributed by atoms with Crippen molar-refractivity contribution in [1.82, 2.24) is 10.2 Å². The van der Waals surface area contributed by atoms with Crippen LogP contribution in [0.5, 0.6) is 0 Å². The molecule has 1 unspecified atom stereocenters. The molecule has 0 saturated heterocycles. The number of amides is 2. The predicted octanol–water partition coefficient (Wildman–Crippen LogP) is 5.43. The van der Waals surface area contributed by atoms with Crippen molar-refractivity contribution < 1.29 is 14.0 Å². The SMILES string of the molecule is CCC(C(=O)NC(C)(C)C)N(Cc1ccc(Cl)cc1)C(=O)CSCc1ccccc1F. The topological polar surface area (TPSA) is 49.4 Å². The molecule has 4 nitrogen and oxygen atoms in total. The zero-order valence-corrected chi connectivity index (χ0v) is 20.0. The van der Waals surface area contributed by atoms with E-state index in [0.717, 1.165) is 5.56 Å². The van der Waals surface area contributed by atoms with Crippen LogP contribution in [-0.4, -0.2) is 34.0 Å². The molecule has 0 fully saturated rings. The summed E-state index contributed by atoms with van der Waals surface area (Å²) in [6.07, 6.45) is 0.485. The van der Waals surface area contributed by atoms with Crippen molar-refractivity contribution in [2.45, 2.75) is 58.0 Å². The lowest BCUT2D eigenvalue weighted by atomic mass is 10.1. The van der Waals surface area contributed by atoms with Gasteiger partial charge in [-0.25, -0.2) is 4.39 Å². The average molecular weight is 465 g/mol. The highest BCUT2D eigenvalue weighted by Crippen LogP contribution is 2.20. The molecular formula is C24H30ClFN2O2S. The number of carbonyl (C=O) groups is 2. The second-order valence-electron chi connectivity index (χ2n) is 8.40. The van der Waals surface area contributed by atoms with Gasteiger partial charge in [0.15, 0.2) is 0 Å². The molecule has 0 bridgehead atoms. The van der Waals surface area contributed by atoms with Gasteiger partial charge in [-0.15, -0.1) is 11.8 Å². The maximum atomic E-state index is 13.9. The number of carbonyl (C=O) groups excluding carboxylic acids is 2. The first-order valence-corrected chi connectivity index (χ1v) is 11.8. The highest BCUT2D eigenvalue weighted by atomic mass is 35.5. The molecule has 0 aliphatic rings. The second kappa shape index (κ2) is 11.5. The molecule has 1 N–H and O–H groups in total. The van der Waals surface area contributed by atoms with E-state index in [9.17, 15) is 14.0 Å². The van der Waals surface area contributed by atoms with Crippen LogP contribution in [0.4, 0.5) is 4.39 Å². The summed E-state index contributed by atoms with van der Waals surface area (Å²) in [5.74, 6) is -0.0839. The highest BCUT2D eigenvalue weighted by molar-refractivity contribution is 7.99.